The van der Waals surface area contributed by atoms with Crippen molar-refractivity contribution in [1.29, 1.82) is 0 Å². The molecular formula is C36H35F3N8O2S. The summed E-state index contributed by atoms with van der Waals surface area (Å²) < 4.78 is 39.3. The number of pyridine rings is 2. The van der Waals surface area contributed by atoms with Crippen LogP contribution in [0.4, 0.5) is 19.0 Å². The van der Waals surface area contributed by atoms with Crippen molar-refractivity contribution in [3.63, 3.8) is 0 Å². The Kier molecular flexibility index (Phi) is 9.40. The van der Waals surface area contributed by atoms with Crippen LogP contribution >= 0.6 is 11.8 Å². The molecule has 1 aromatic carbocycles. The zero-order chi connectivity index (χ0) is 34.9. The number of aromatic amines is 1. The third-order valence-corrected chi connectivity index (χ3v) is 11.1. The van der Waals surface area contributed by atoms with Gasteiger partial charge < -0.3 is 4.90 Å². The summed E-state index contributed by atoms with van der Waals surface area (Å²) in [6.07, 6.45) is 5.97. The molecule has 2 aliphatic rings. The normalized spacial score (nSPS) is 18.9. The molecule has 0 bridgehead atoms. The fourth-order valence-corrected chi connectivity index (χ4v) is 7.81. The number of carbonyl (C=O) groups excluding carboxylic acids is 2. The third-order valence-electron chi connectivity index (χ3n) is 9.75. The number of halogens is 3. The molecule has 2 aliphatic heterocycles. The number of Topliss-reactive ketones (excluding diaryl/α,β-unsaturated/α-hetero) is 2. The van der Waals surface area contributed by atoms with Crippen molar-refractivity contribution >= 4 is 40.0 Å². The van der Waals surface area contributed by atoms with Crippen LogP contribution in [0.25, 0.3) is 33.5 Å². The SMILES string of the molecule is CS[C@@]1(C(=O)Cc2ccc3[nH]nc(-c4ccnc(C(F)(F)F)c4)c3c2)CCN(CC(=O)C2CCN(c3ccc(-c4ncccn4)cn3)CC2)C1. The van der Waals surface area contributed by atoms with Crippen LogP contribution in [0.15, 0.2) is 73.3 Å². The van der Waals surface area contributed by atoms with E-state index in [4.69, 9.17) is 0 Å². The molecule has 2 saturated heterocycles. The van der Waals surface area contributed by atoms with Crippen LogP contribution < -0.4 is 4.90 Å². The Labute approximate surface area is 290 Å². The standard InChI is InChI=1S/C36H35F3N8O2S/c1-50-35(31(49)18-23-3-5-28-27(17-23)33(45-44-28)25-7-13-40-30(19-25)36(37,38)39)10-16-46(22-35)21-29(48)24-8-14-47(15-9-24)32-6-4-26(20-43-32)34-41-11-2-12-42-34/h2-7,11-13,17,19-20,24H,8-10,14-16,18,21-22H2,1H3,(H,44,45)/t35-/m0/s1. The van der Waals surface area contributed by atoms with E-state index in [1.807, 2.05) is 30.5 Å². The molecule has 258 valence electrons. The molecule has 10 nitrogen and oxygen atoms in total. The predicted molar refractivity (Wildman–Crippen MR) is 186 cm³/mol. The number of carbonyl (C=O) groups is 2. The summed E-state index contributed by atoms with van der Waals surface area (Å²) in [7, 11) is 0. The second-order valence-corrected chi connectivity index (χ2v) is 14.0. The van der Waals surface area contributed by atoms with Crippen LogP contribution in [0.2, 0.25) is 0 Å². The first kappa shape index (κ1) is 33.8. The zero-order valence-corrected chi connectivity index (χ0v) is 28.2. The van der Waals surface area contributed by atoms with Crippen molar-refractivity contribution in [2.24, 2.45) is 5.92 Å². The van der Waals surface area contributed by atoms with E-state index in [9.17, 15) is 22.8 Å². The van der Waals surface area contributed by atoms with Crippen molar-refractivity contribution in [2.45, 2.75) is 36.6 Å². The summed E-state index contributed by atoms with van der Waals surface area (Å²) >= 11 is 1.52. The van der Waals surface area contributed by atoms with Gasteiger partial charge in [-0.1, -0.05) is 6.07 Å². The Morgan fingerprint density at radius 1 is 0.960 bits per heavy atom. The number of nitrogens with one attached hydrogen (secondary N) is 1. The fraction of sp³-hybridized carbons (Fsp3) is 0.361. The predicted octanol–water partition coefficient (Wildman–Crippen LogP) is 5.90. The second kappa shape index (κ2) is 13.9. The van der Waals surface area contributed by atoms with E-state index in [1.54, 1.807) is 30.7 Å². The first-order chi connectivity index (χ1) is 24.1. The highest BCUT2D eigenvalue weighted by Crippen LogP contribution is 2.37. The van der Waals surface area contributed by atoms with Gasteiger partial charge in [-0.2, -0.15) is 18.3 Å². The maximum Gasteiger partial charge on any atom is 0.433 e. The summed E-state index contributed by atoms with van der Waals surface area (Å²) in [4.78, 5) is 48.2. The molecule has 1 atom stereocenters. The summed E-state index contributed by atoms with van der Waals surface area (Å²) in [6.45, 7) is 2.96. The van der Waals surface area contributed by atoms with Crippen molar-refractivity contribution < 1.29 is 22.8 Å². The minimum atomic E-state index is -4.58. The van der Waals surface area contributed by atoms with E-state index in [0.717, 1.165) is 55.1 Å². The minimum absolute atomic E-state index is 0.0355. The molecule has 0 aliphatic carbocycles. The molecular weight excluding hydrogens is 666 g/mol. The summed E-state index contributed by atoms with van der Waals surface area (Å²) in [5.74, 6) is 1.74. The van der Waals surface area contributed by atoms with Crippen LogP contribution in [-0.4, -0.2) is 90.3 Å². The molecule has 0 radical (unpaired) electrons. The van der Waals surface area contributed by atoms with Crippen LogP contribution in [-0.2, 0) is 22.2 Å². The number of hydrogen-bond acceptors (Lipinski definition) is 10. The van der Waals surface area contributed by atoms with Gasteiger partial charge in [0.15, 0.2) is 11.6 Å². The molecule has 14 heteroatoms. The van der Waals surface area contributed by atoms with E-state index in [0.29, 0.717) is 48.5 Å². The van der Waals surface area contributed by atoms with Crippen LogP contribution in [0.3, 0.4) is 0 Å². The molecule has 0 spiro atoms. The van der Waals surface area contributed by atoms with Crippen molar-refractivity contribution in [1.82, 2.24) is 35.0 Å². The number of piperidine rings is 1. The van der Waals surface area contributed by atoms with Crippen LogP contribution in [0.1, 0.15) is 30.5 Å². The zero-order valence-electron chi connectivity index (χ0n) is 27.4. The number of aromatic nitrogens is 6. The average Bonchev–Trinajstić information content (AvgIpc) is 3.76. The maximum atomic E-state index is 13.9. The van der Waals surface area contributed by atoms with Gasteiger partial charge in [0.25, 0.3) is 0 Å². The number of thioether (sulfide) groups is 1. The van der Waals surface area contributed by atoms with Gasteiger partial charge in [-0.15, -0.1) is 11.8 Å². The smallest absolute Gasteiger partial charge is 0.357 e. The lowest BCUT2D eigenvalue weighted by Gasteiger charge is -2.33. The van der Waals surface area contributed by atoms with E-state index in [-0.39, 0.29) is 29.5 Å². The molecule has 50 heavy (non-hydrogen) atoms. The van der Waals surface area contributed by atoms with Crippen molar-refractivity contribution in [2.75, 3.05) is 43.9 Å². The highest BCUT2D eigenvalue weighted by Gasteiger charge is 2.44. The van der Waals surface area contributed by atoms with Crippen molar-refractivity contribution in [3.05, 3.63) is 84.6 Å². The molecule has 7 rings (SSSR count). The Hall–Kier alpha value is -4.69. The Morgan fingerprint density at radius 3 is 2.48 bits per heavy atom. The number of rotatable bonds is 10. The van der Waals surface area contributed by atoms with Gasteiger partial charge in [-0.25, -0.2) is 15.0 Å². The first-order valence-corrected chi connectivity index (χ1v) is 17.7. The van der Waals surface area contributed by atoms with Gasteiger partial charge in [0.05, 0.1) is 16.8 Å². The number of alkyl halides is 3. The van der Waals surface area contributed by atoms with Crippen molar-refractivity contribution in [3.8, 4) is 22.6 Å². The molecule has 5 aromatic rings. The number of nitrogens with zero attached hydrogens (tertiary/aromatic N) is 7. The largest absolute Gasteiger partial charge is 0.433 e. The maximum absolute atomic E-state index is 13.9. The lowest BCUT2D eigenvalue weighted by atomic mass is 9.92. The molecule has 4 aromatic heterocycles. The quantitative estimate of drug-likeness (QED) is 0.189. The summed E-state index contributed by atoms with van der Waals surface area (Å²) in [5.41, 5.74) is 1.92. The number of likely N-dealkylation sites (tertiary alicyclic amines) is 1. The van der Waals surface area contributed by atoms with Gasteiger partial charge >= 0.3 is 6.18 Å². The number of fused-ring (bicyclic) bond motifs is 1. The van der Waals surface area contributed by atoms with Gasteiger partial charge in [-0.05, 0) is 73.5 Å². The van der Waals surface area contributed by atoms with Gasteiger partial charge in [0.2, 0.25) is 0 Å². The Morgan fingerprint density at radius 2 is 1.76 bits per heavy atom. The second-order valence-electron chi connectivity index (χ2n) is 12.8. The molecule has 1 N–H and O–H groups in total. The van der Waals surface area contributed by atoms with Gasteiger partial charge in [0.1, 0.15) is 23.0 Å². The van der Waals surface area contributed by atoms with E-state index < -0.39 is 16.6 Å². The topological polar surface area (TPSA) is 121 Å². The lowest BCUT2D eigenvalue weighted by Crippen LogP contribution is -2.42. The monoisotopic (exact) mass is 700 g/mol. The molecule has 0 saturated carbocycles. The highest BCUT2D eigenvalue weighted by molar-refractivity contribution is 8.00. The molecule has 0 unspecified atom stereocenters. The summed E-state index contributed by atoms with van der Waals surface area (Å²) in [5, 5.41) is 7.78. The van der Waals surface area contributed by atoms with E-state index in [1.165, 1.54) is 17.8 Å². The van der Waals surface area contributed by atoms with Crippen LogP contribution in [0.5, 0.6) is 0 Å². The average molecular weight is 701 g/mol. The van der Waals surface area contributed by atoms with Gasteiger partial charge in [0, 0.05) is 79.8 Å². The minimum Gasteiger partial charge on any atom is -0.357 e. The number of H-pyrrole nitrogens is 1. The fourth-order valence-electron chi connectivity index (χ4n) is 6.91. The van der Waals surface area contributed by atoms with Crippen LogP contribution in [0, 0.1) is 5.92 Å². The Bertz CT molecular complexity index is 2000. The van der Waals surface area contributed by atoms with Gasteiger partial charge in [-0.3, -0.25) is 24.6 Å². The Balaban J connectivity index is 0.951. The summed E-state index contributed by atoms with van der Waals surface area (Å²) in [6, 6.07) is 13.6. The number of hydrogen-bond donors (Lipinski definition) is 1. The van der Waals surface area contributed by atoms with E-state index in [2.05, 4.69) is 39.9 Å². The highest BCUT2D eigenvalue weighted by atomic mass is 32.2. The van der Waals surface area contributed by atoms with E-state index >= 15 is 0 Å². The first-order valence-electron chi connectivity index (χ1n) is 16.4. The number of ketones is 2. The number of anilines is 1. The lowest BCUT2D eigenvalue weighted by molar-refractivity contribution is -0.141. The molecule has 6 heterocycles. The molecule has 2 fully saturated rings. The molecule has 0 amide bonds. The number of benzene rings is 1. The third kappa shape index (κ3) is 6.99.